The molecule has 2 fully saturated rings. The van der Waals surface area contributed by atoms with E-state index in [9.17, 15) is 9.90 Å². The fraction of sp³-hybridized carbons (Fsp3) is 0.556. The van der Waals surface area contributed by atoms with Gasteiger partial charge in [0.1, 0.15) is 5.65 Å². The molecule has 0 unspecified atom stereocenters. The number of nitrogens with zero attached hydrogens (tertiary/aromatic N) is 2. The van der Waals surface area contributed by atoms with Crippen LogP contribution in [-0.2, 0) is 4.79 Å². The first kappa shape index (κ1) is 14.7. The van der Waals surface area contributed by atoms with Gasteiger partial charge in [-0.25, -0.2) is 4.98 Å². The lowest BCUT2D eigenvalue weighted by Crippen LogP contribution is -2.46. The zero-order valence-corrected chi connectivity index (χ0v) is 13.2. The van der Waals surface area contributed by atoms with E-state index < -0.39 is 0 Å². The van der Waals surface area contributed by atoms with E-state index >= 15 is 0 Å². The zero-order valence-electron chi connectivity index (χ0n) is 13.2. The SMILES string of the molecule is O=C(NC1CCC(n2ccc3cccnc32)CC1)C1CC(O)C1. The number of hydrogen-bond donors (Lipinski definition) is 2. The Morgan fingerprint density at radius 2 is 2.00 bits per heavy atom. The summed E-state index contributed by atoms with van der Waals surface area (Å²) >= 11 is 0. The smallest absolute Gasteiger partial charge is 0.223 e. The summed E-state index contributed by atoms with van der Waals surface area (Å²) in [6.07, 6.45) is 9.13. The van der Waals surface area contributed by atoms with Crippen molar-refractivity contribution in [3.63, 3.8) is 0 Å². The van der Waals surface area contributed by atoms with Crippen molar-refractivity contribution in [2.45, 2.75) is 56.7 Å². The highest BCUT2D eigenvalue weighted by Crippen LogP contribution is 2.32. The van der Waals surface area contributed by atoms with Crippen molar-refractivity contribution in [3.8, 4) is 0 Å². The van der Waals surface area contributed by atoms with Crippen LogP contribution in [0.1, 0.15) is 44.6 Å². The van der Waals surface area contributed by atoms with Crippen LogP contribution in [0.15, 0.2) is 30.6 Å². The lowest BCUT2D eigenvalue weighted by Gasteiger charge is -2.34. The molecular formula is C18H23N3O2. The second kappa shape index (κ2) is 5.96. The Kier molecular flexibility index (Phi) is 3.81. The van der Waals surface area contributed by atoms with Crippen molar-refractivity contribution < 1.29 is 9.90 Å². The zero-order chi connectivity index (χ0) is 15.8. The molecule has 4 rings (SSSR count). The third-order valence-electron chi connectivity index (χ3n) is 5.40. The predicted octanol–water partition coefficient (Wildman–Crippen LogP) is 2.41. The minimum atomic E-state index is -0.268. The molecule has 23 heavy (non-hydrogen) atoms. The Morgan fingerprint density at radius 3 is 2.74 bits per heavy atom. The van der Waals surface area contributed by atoms with Crippen molar-refractivity contribution >= 4 is 16.9 Å². The van der Waals surface area contributed by atoms with Crippen LogP contribution < -0.4 is 5.32 Å². The predicted molar refractivity (Wildman–Crippen MR) is 87.9 cm³/mol. The number of rotatable bonds is 3. The summed E-state index contributed by atoms with van der Waals surface area (Å²) in [4.78, 5) is 16.6. The maximum atomic E-state index is 12.1. The number of carbonyl (C=O) groups excluding carboxylic acids is 1. The second-order valence-electron chi connectivity index (χ2n) is 6.98. The number of aromatic nitrogens is 2. The molecule has 2 heterocycles. The molecule has 2 saturated carbocycles. The number of aliphatic hydroxyl groups excluding tert-OH is 1. The van der Waals surface area contributed by atoms with Gasteiger partial charge in [0.15, 0.2) is 0 Å². The summed E-state index contributed by atoms with van der Waals surface area (Å²) in [5.74, 6) is 0.159. The quantitative estimate of drug-likeness (QED) is 0.914. The van der Waals surface area contributed by atoms with Crippen molar-refractivity contribution in [1.82, 2.24) is 14.9 Å². The van der Waals surface area contributed by atoms with E-state index in [0.29, 0.717) is 18.9 Å². The molecule has 2 aliphatic rings. The van der Waals surface area contributed by atoms with Gasteiger partial charge in [-0.05, 0) is 56.7 Å². The van der Waals surface area contributed by atoms with Gasteiger partial charge in [0.05, 0.1) is 6.10 Å². The minimum Gasteiger partial charge on any atom is -0.393 e. The maximum absolute atomic E-state index is 12.1. The highest BCUT2D eigenvalue weighted by molar-refractivity contribution is 5.80. The number of amides is 1. The molecule has 0 saturated heterocycles. The van der Waals surface area contributed by atoms with Gasteiger partial charge in [-0.15, -0.1) is 0 Å². The number of hydrogen-bond acceptors (Lipinski definition) is 3. The molecule has 0 bridgehead atoms. The first-order valence-electron chi connectivity index (χ1n) is 8.60. The van der Waals surface area contributed by atoms with Crippen LogP contribution in [0.3, 0.4) is 0 Å². The molecule has 5 heteroatoms. The Labute approximate surface area is 135 Å². The van der Waals surface area contributed by atoms with E-state index in [-0.39, 0.29) is 24.0 Å². The summed E-state index contributed by atoms with van der Waals surface area (Å²) in [7, 11) is 0. The van der Waals surface area contributed by atoms with E-state index in [1.54, 1.807) is 0 Å². The van der Waals surface area contributed by atoms with Crippen LogP contribution in [-0.4, -0.2) is 32.7 Å². The van der Waals surface area contributed by atoms with Crippen molar-refractivity contribution in [1.29, 1.82) is 0 Å². The Bertz CT molecular complexity index is 697. The standard InChI is InChI=1S/C18H23N3O2/c22-16-10-13(11-16)18(23)20-14-3-5-15(6-4-14)21-9-7-12-2-1-8-19-17(12)21/h1-2,7-9,13-16,22H,3-6,10-11H2,(H,20,23). The van der Waals surface area contributed by atoms with Crippen molar-refractivity contribution in [3.05, 3.63) is 30.6 Å². The fourth-order valence-corrected chi connectivity index (χ4v) is 3.90. The van der Waals surface area contributed by atoms with Crippen LogP contribution in [0, 0.1) is 5.92 Å². The van der Waals surface area contributed by atoms with Gasteiger partial charge in [0, 0.05) is 35.8 Å². The van der Waals surface area contributed by atoms with Crippen LogP contribution in [0.4, 0.5) is 0 Å². The highest BCUT2D eigenvalue weighted by atomic mass is 16.3. The van der Waals surface area contributed by atoms with E-state index in [2.05, 4.69) is 33.2 Å². The third-order valence-corrected chi connectivity index (χ3v) is 5.40. The number of carbonyl (C=O) groups is 1. The fourth-order valence-electron chi connectivity index (χ4n) is 3.90. The first-order chi connectivity index (χ1) is 11.2. The average molecular weight is 313 g/mol. The molecule has 0 aromatic carbocycles. The van der Waals surface area contributed by atoms with E-state index in [4.69, 9.17) is 0 Å². The molecule has 1 amide bonds. The van der Waals surface area contributed by atoms with Gasteiger partial charge in [0.2, 0.25) is 5.91 Å². The molecule has 0 atom stereocenters. The van der Waals surface area contributed by atoms with Gasteiger partial charge in [0.25, 0.3) is 0 Å². The molecule has 0 spiro atoms. The van der Waals surface area contributed by atoms with Crippen molar-refractivity contribution in [2.75, 3.05) is 0 Å². The summed E-state index contributed by atoms with van der Waals surface area (Å²) < 4.78 is 2.29. The number of pyridine rings is 1. The van der Waals surface area contributed by atoms with Crippen molar-refractivity contribution in [2.24, 2.45) is 5.92 Å². The molecule has 2 aromatic rings. The van der Waals surface area contributed by atoms with Gasteiger partial charge >= 0.3 is 0 Å². The molecule has 2 aromatic heterocycles. The topological polar surface area (TPSA) is 67.2 Å². The summed E-state index contributed by atoms with van der Waals surface area (Å²) in [5, 5.41) is 13.7. The van der Waals surface area contributed by atoms with Gasteiger partial charge in [-0.3, -0.25) is 4.79 Å². The second-order valence-corrected chi connectivity index (χ2v) is 6.98. The van der Waals surface area contributed by atoms with E-state index in [1.807, 2.05) is 12.3 Å². The summed E-state index contributed by atoms with van der Waals surface area (Å²) in [6, 6.07) is 6.94. The average Bonchev–Trinajstić information content (AvgIpc) is 2.96. The summed E-state index contributed by atoms with van der Waals surface area (Å²) in [6.45, 7) is 0. The number of nitrogens with one attached hydrogen (secondary N) is 1. The minimum absolute atomic E-state index is 0.0281. The molecular weight excluding hydrogens is 290 g/mol. The monoisotopic (exact) mass is 313 g/mol. The largest absolute Gasteiger partial charge is 0.393 e. The summed E-state index contributed by atoms with van der Waals surface area (Å²) in [5.41, 5.74) is 1.06. The van der Waals surface area contributed by atoms with Gasteiger partial charge < -0.3 is 15.0 Å². The van der Waals surface area contributed by atoms with Gasteiger partial charge in [-0.1, -0.05) is 0 Å². The van der Waals surface area contributed by atoms with E-state index in [1.165, 1.54) is 5.39 Å². The molecule has 122 valence electrons. The van der Waals surface area contributed by atoms with Gasteiger partial charge in [-0.2, -0.15) is 0 Å². The molecule has 0 radical (unpaired) electrons. The lowest BCUT2D eigenvalue weighted by atomic mass is 9.81. The Balaban J connectivity index is 1.35. The van der Waals surface area contributed by atoms with Crippen LogP contribution in [0.2, 0.25) is 0 Å². The Hall–Kier alpha value is -1.88. The normalized spacial score (nSPS) is 30.8. The molecule has 2 N–H and O–H groups in total. The Morgan fingerprint density at radius 1 is 1.22 bits per heavy atom. The molecule has 5 nitrogen and oxygen atoms in total. The highest BCUT2D eigenvalue weighted by Gasteiger charge is 2.34. The molecule has 0 aliphatic heterocycles. The van der Waals surface area contributed by atoms with E-state index in [0.717, 1.165) is 31.3 Å². The first-order valence-corrected chi connectivity index (χ1v) is 8.60. The lowest BCUT2D eigenvalue weighted by molar-refractivity contribution is -0.132. The number of fused-ring (bicyclic) bond motifs is 1. The molecule has 2 aliphatic carbocycles. The maximum Gasteiger partial charge on any atom is 0.223 e. The van der Waals surface area contributed by atoms with Crippen LogP contribution in [0.5, 0.6) is 0 Å². The van der Waals surface area contributed by atoms with Crippen LogP contribution >= 0.6 is 0 Å². The third kappa shape index (κ3) is 2.85. The van der Waals surface area contributed by atoms with Crippen LogP contribution in [0.25, 0.3) is 11.0 Å². The number of aliphatic hydroxyl groups is 1.